The van der Waals surface area contributed by atoms with Crippen molar-refractivity contribution in [2.24, 2.45) is 0 Å². The van der Waals surface area contributed by atoms with Gasteiger partial charge in [0.15, 0.2) is 5.13 Å². The minimum atomic E-state index is -4.70. The van der Waals surface area contributed by atoms with Gasteiger partial charge in [-0.3, -0.25) is 0 Å². The summed E-state index contributed by atoms with van der Waals surface area (Å²) in [7, 11) is 0. The van der Waals surface area contributed by atoms with Crippen molar-refractivity contribution in [3.8, 4) is 16.2 Å². The van der Waals surface area contributed by atoms with Crippen LogP contribution in [0.5, 0.6) is 5.75 Å². The highest BCUT2D eigenvalue weighted by Crippen LogP contribution is 2.37. The molecule has 0 radical (unpaired) electrons. The van der Waals surface area contributed by atoms with Gasteiger partial charge in [-0.05, 0) is 19.1 Å². The van der Waals surface area contributed by atoms with E-state index in [0.29, 0.717) is 22.1 Å². The van der Waals surface area contributed by atoms with Gasteiger partial charge in [0.2, 0.25) is 0 Å². The lowest BCUT2D eigenvalue weighted by molar-refractivity contribution is -0.274. The Morgan fingerprint density at radius 3 is 2.74 bits per heavy atom. The fourth-order valence-corrected chi connectivity index (χ4v) is 2.43. The Bertz CT molecular complexity index is 554. The van der Waals surface area contributed by atoms with E-state index in [2.05, 4.69) is 15.0 Å². The summed E-state index contributed by atoms with van der Waals surface area (Å²) in [6.45, 7) is 2.62. The van der Waals surface area contributed by atoms with Crippen molar-refractivity contribution < 1.29 is 17.9 Å². The zero-order valence-corrected chi connectivity index (χ0v) is 10.8. The molecule has 0 unspecified atom stereocenters. The number of thiazole rings is 1. The van der Waals surface area contributed by atoms with Crippen LogP contribution in [0.3, 0.4) is 0 Å². The molecule has 0 saturated heterocycles. The number of benzene rings is 1. The molecule has 2 rings (SSSR count). The van der Waals surface area contributed by atoms with Crippen LogP contribution in [0.4, 0.5) is 18.3 Å². The summed E-state index contributed by atoms with van der Waals surface area (Å²) in [5, 5.41) is 3.68. The molecule has 1 aromatic carbocycles. The number of nitrogens with zero attached hydrogens (tertiary/aromatic N) is 1. The molecule has 1 N–H and O–H groups in total. The molecule has 102 valence electrons. The molecular formula is C12H11F3N2OS. The highest BCUT2D eigenvalue weighted by molar-refractivity contribution is 7.18. The Hall–Kier alpha value is -1.76. The first-order chi connectivity index (χ1) is 8.99. The van der Waals surface area contributed by atoms with Gasteiger partial charge in [0.1, 0.15) is 5.75 Å². The maximum atomic E-state index is 12.3. The van der Waals surface area contributed by atoms with Crippen LogP contribution in [-0.4, -0.2) is 17.9 Å². The van der Waals surface area contributed by atoms with E-state index >= 15 is 0 Å². The van der Waals surface area contributed by atoms with Crippen LogP contribution < -0.4 is 10.1 Å². The first kappa shape index (κ1) is 13.7. The number of hydrogen-bond acceptors (Lipinski definition) is 4. The molecule has 0 spiro atoms. The van der Waals surface area contributed by atoms with Gasteiger partial charge in [0.25, 0.3) is 0 Å². The van der Waals surface area contributed by atoms with Crippen LogP contribution >= 0.6 is 11.3 Å². The molecule has 19 heavy (non-hydrogen) atoms. The second-order valence-electron chi connectivity index (χ2n) is 3.60. The van der Waals surface area contributed by atoms with Crippen LogP contribution in [0, 0.1) is 0 Å². The van der Waals surface area contributed by atoms with E-state index in [1.54, 1.807) is 12.1 Å². The van der Waals surface area contributed by atoms with E-state index < -0.39 is 6.36 Å². The topological polar surface area (TPSA) is 34.2 Å². The van der Waals surface area contributed by atoms with Crippen LogP contribution in [0.15, 0.2) is 30.5 Å². The summed E-state index contributed by atoms with van der Waals surface area (Å²) < 4.78 is 41.0. The minimum Gasteiger partial charge on any atom is -0.405 e. The fourth-order valence-electron chi connectivity index (χ4n) is 1.52. The maximum absolute atomic E-state index is 12.3. The molecule has 0 atom stereocenters. The van der Waals surface area contributed by atoms with Gasteiger partial charge < -0.3 is 10.1 Å². The highest BCUT2D eigenvalue weighted by atomic mass is 32.1. The van der Waals surface area contributed by atoms with Crippen LogP contribution in [0.1, 0.15) is 6.92 Å². The van der Waals surface area contributed by atoms with E-state index in [9.17, 15) is 13.2 Å². The van der Waals surface area contributed by atoms with Crippen molar-refractivity contribution in [3.05, 3.63) is 30.5 Å². The molecule has 0 saturated carbocycles. The van der Waals surface area contributed by atoms with E-state index in [4.69, 9.17) is 0 Å². The van der Waals surface area contributed by atoms with Gasteiger partial charge in [-0.15, -0.1) is 13.2 Å². The van der Waals surface area contributed by atoms with Gasteiger partial charge in [0, 0.05) is 18.3 Å². The summed E-state index contributed by atoms with van der Waals surface area (Å²) in [4.78, 5) is 4.71. The molecule has 0 aliphatic heterocycles. The van der Waals surface area contributed by atoms with E-state index in [0.717, 1.165) is 0 Å². The number of halogens is 3. The number of aromatic nitrogens is 1. The normalized spacial score (nSPS) is 11.4. The van der Waals surface area contributed by atoms with Gasteiger partial charge in [-0.1, -0.05) is 23.5 Å². The average Bonchev–Trinajstić information content (AvgIpc) is 2.76. The third-order valence-electron chi connectivity index (χ3n) is 2.21. The summed E-state index contributed by atoms with van der Waals surface area (Å²) in [6, 6.07) is 6.02. The average molecular weight is 288 g/mol. The maximum Gasteiger partial charge on any atom is 0.573 e. The van der Waals surface area contributed by atoms with E-state index in [1.165, 1.54) is 29.7 Å². The molecular weight excluding hydrogens is 277 g/mol. The number of alkyl halides is 3. The third-order valence-corrected chi connectivity index (χ3v) is 3.20. The lowest BCUT2D eigenvalue weighted by atomic mass is 10.2. The number of nitrogens with one attached hydrogen (secondary N) is 1. The SMILES string of the molecule is CCNc1ncc(-c2ccccc2OC(F)(F)F)s1. The predicted octanol–water partition coefficient (Wildman–Crippen LogP) is 4.14. The first-order valence-corrected chi connectivity index (χ1v) is 6.36. The smallest absolute Gasteiger partial charge is 0.405 e. The molecule has 1 aromatic heterocycles. The predicted molar refractivity (Wildman–Crippen MR) is 68.4 cm³/mol. The van der Waals surface area contributed by atoms with Gasteiger partial charge in [0.05, 0.1) is 4.88 Å². The number of hydrogen-bond donors (Lipinski definition) is 1. The quantitative estimate of drug-likeness (QED) is 0.918. The standard InChI is InChI=1S/C12H11F3N2OS/c1-2-16-11-17-7-10(19-11)8-5-3-4-6-9(8)18-12(13,14)15/h3-7H,2H2,1H3,(H,16,17). The van der Waals surface area contributed by atoms with E-state index in [-0.39, 0.29) is 5.75 Å². The number of rotatable bonds is 4. The van der Waals surface area contributed by atoms with Gasteiger partial charge in [-0.2, -0.15) is 0 Å². The molecule has 0 bridgehead atoms. The van der Waals surface area contributed by atoms with Crippen molar-refractivity contribution >= 4 is 16.5 Å². The first-order valence-electron chi connectivity index (χ1n) is 5.54. The molecule has 0 aliphatic rings. The van der Waals surface area contributed by atoms with Crippen molar-refractivity contribution in [2.75, 3.05) is 11.9 Å². The van der Waals surface area contributed by atoms with Crippen molar-refractivity contribution in [3.63, 3.8) is 0 Å². The fraction of sp³-hybridized carbons (Fsp3) is 0.250. The Balaban J connectivity index is 2.32. The Morgan fingerprint density at radius 2 is 2.05 bits per heavy atom. The molecule has 0 amide bonds. The lowest BCUT2D eigenvalue weighted by Crippen LogP contribution is -2.17. The zero-order chi connectivity index (χ0) is 13.9. The molecule has 1 heterocycles. The molecule has 2 aromatic rings. The molecule has 0 fully saturated rings. The summed E-state index contributed by atoms with van der Waals surface area (Å²) >= 11 is 1.28. The zero-order valence-electron chi connectivity index (χ0n) is 9.99. The summed E-state index contributed by atoms with van der Waals surface area (Å²) in [6.07, 6.45) is -3.17. The number of ether oxygens (including phenoxy) is 1. The minimum absolute atomic E-state index is 0.221. The summed E-state index contributed by atoms with van der Waals surface area (Å²) in [5.74, 6) is -0.221. The highest BCUT2D eigenvalue weighted by Gasteiger charge is 2.32. The molecule has 3 nitrogen and oxygen atoms in total. The molecule has 0 aliphatic carbocycles. The Morgan fingerprint density at radius 1 is 1.32 bits per heavy atom. The number of para-hydroxylation sites is 1. The summed E-state index contributed by atoms with van der Waals surface area (Å²) in [5.41, 5.74) is 0.376. The Labute approximate surface area is 112 Å². The van der Waals surface area contributed by atoms with Gasteiger partial charge >= 0.3 is 6.36 Å². The molecule has 7 heteroatoms. The monoisotopic (exact) mass is 288 g/mol. The second-order valence-corrected chi connectivity index (χ2v) is 4.63. The van der Waals surface area contributed by atoms with E-state index in [1.807, 2.05) is 6.92 Å². The third kappa shape index (κ3) is 3.60. The van der Waals surface area contributed by atoms with Gasteiger partial charge in [-0.25, -0.2) is 4.98 Å². The van der Waals surface area contributed by atoms with Crippen molar-refractivity contribution in [1.29, 1.82) is 0 Å². The Kier molecular flexibility index (Phi) is 3.94. The number of anilines is 1. The van der Waals surface area contributed by atoms with Crippen molar-refractivity contribution in [2.45, 2.75) is 13.3 Å². The lowest BCUT2D eigenvalue weighted by Gasteiger charge is -2.11. The second kappa shape index (κ2) is 5.48. The van der Waals surface area contributed by atoms with Crippen LogP contribution in [0.25, 0.3) is 10.4 Å². The largest absolute Gasteiger partial charge is 0.573 e. The van der Waals surface area contributed by atoms with Crippen molar-refractivity contribution in [1.82, 2.24) is 4.98 Å². The van der Waals surface area contributed by atoms with Crippen LogP contribution in [-0.2, 0) is 0 Å². The van der Waals surface area contributed by atoms with Crippen LogP contribution in [0.2, 0.25) is 0 Å².